The topological polar surface area (TPSA) is 30.5 Å². The third-order valence-electron chi connectivity index (χ3n) is 1.78. The lowest BCUT2D eigenvalue weighted by Gasteiger charge is -2.14. The predicted molar refractivity (Wildman–Crippen MR) is 62.9 cm³/mol. The molecule has 1 atom stereocenters. The summed E-state index contributed by atoms with van der Waals surface area (Å²) in [5.41, 5.74) is 0. The van der Waals surface area contributed by atoms with Crippen LogP contribution in [0.5, 0.6) is 0 Å². The lowest BCUT2D eigenvalue weighted by atomic mass is 10.3. The zero-order valence-electron chi connectivity index (χ0n) is 9.22. The molecule has 4 heteroatoms. The van der Waals surface area contributed by atoms with Gasteiger partial charge in [0.25, 0.3) is 0 Å². The van der Waals surface area contributed by atoms with Gasteiger partial charge in [0.15, 0.2) is 6.29 Å². The van der Waals surface area contributed by atoms with E-state index in [9.17, 15) is 0 Å². The van der Waals surface area contributed by atoms with E-state index in [4.69, 9.17) is 9.47 Å². The van der Waals surface area contributed by atoms with Crippen LogP contribution < -0.4 is 5.32 Å². The SMILES string of the molecule is CCNCCCCOC(CBr)OCC. The molecule has 0 amide bonds. The van der Waals surface area contributed by atoms with Gasteiger partial charge in [-0.05, 0) is 32.9 Å². The Morgan fingerprint density at radius 1 is 1.21 bits per heavy atom. The second-order valence-corrected chi connectivity index (χ2v) is 3.62. The van der Waals surface area contributed by atoms with Gasteiger partial charge in [-0.2, -0.15) is 0 Å². The monoisotopic (exact) mass is 267 g/mol. The van der Waals surface area contributed by atoms with Gasteiger partial charge in [0, 0.05) is 13.2 Å². The molecule has 0 rings (SSSR count). The molecule has 86 valence electrons. The summed E-state index contributed by atoms with van der Waals surface area (Å²) in [7, 11) is 0. The van der Waals surface area contributed by atoms with Crippen molar-refractivity contribution < 1.29 is 9.47 Å². The van der Waals surface area contributed by atoms with Crippen molar-refractivity contribution >= 4 is 15.9 Å². The number of ether oxygens (including phenoxy) is 2. The first kappa shape index (κ1) is 14.4. The van der Waals surface area contributed by atoms with Crippen LogP contribution in [-0.4, -0.2) is 37.9 Å². The van der Waals surface area contributed by atoms with E-state index in [1.165, 1.54) is 0 Å². The molecular formula is C10H22BrNO2. The molecule has 0 radical (unpaired) electrons. The van der Waals surface area contributed by atoms with E-state index < -0.39 is 0 Å². The summed E-state index contributed by atoms with van der Waals surface area (Å²) >= 11 is 3.35. The predicted octanol–water partition coefficient (Wildman–Crippen LogP) is 2.15. The van der Waals surface area contributed by atoms with E-state index in [2.05, 4.69) is 28.2 Å². The summed E-state index contributed by atoms with van der Waals surface area (Å²) in [6, 6.07) is 0. The van der Waals surface area contributed by atoms with Crippen LogP contribution in [0, 0.1) is 0 Å². The van der Waals surface area contributed by atoms with Crippen molar-refractivity contribution in [2.75, 3.05) is 31.6 Å². The molecule has 1 unspecified atom stereocenters. The first-order valence-corrected chi connectivity index (χ1v) is 6.47. The standard InChI is InChI=1S/C10H22BrNO2/c1-3-12-7-5-6-8-14-10(9-11)13-4-2/h10,12H,3-9H2,1-2H3. The smallest absolute Gasteiger partial charge is 0.167 e. The lowest BCUT2D eigenvalue weighted by molar-refractivity contribution is -0.123. The second-order valence-electron chi connectivity index (χ2n) is 2.97. The molecule has 0 spiro atoms. The summed E-state index contributed by atoms with van der Waals surface area (Å²) in [4.78, 5) is 0. The van der Waals surface area contributed by atoms with Gasteiger partial charge < -0.3 is 14.8 Å². The Bertz CT molecular complexity index is 114. The molecule has 0 aromatic heterocycles. The molecule has 1 N–H and O–H groups in total. The molecule has 0 saturated carbocycles. The zero-order chi connectivity index (χ0) is 10.6. The summed E-state index contributed by atoms with van der Waals surface area (Å²) < 4.78 is 10.8. The van der Waals surface area contributed by atoms with Gasteiger partial charge in [0.1, 0.15) is 0 Å². The number of unbranched alkanes of at least 4 members (excludes halogenated alkanes) is 1. The van der Waals surface area contributed by atoms with E-state index in [1.54, 1.807) is 0 Å². The molecule has 0 aliphatic carbocycles. The van der Waals surface area contributed by atoms with Crippen molar-refractivity contribution in [2.45, 2.75) is 33.0 Å². The van der Waals surface area contributed by atoms with E-state index in [0.717, 1.165) is 37.9 Å². The van der Waals surface area contributed by atoms with Crippen LogP contribution in [0.15, 0.2) is 0 Å². The fraction of sp³-hybridized carbons (Fsp3) is 1.00. The van der Waals surface area contributed by atoms with Gasteiger partial charge in [-0.15, -0.1) is 0 Å². The van der Waals surface area contributed by atoms with Crippen molar-refractivity contribution in [3.05, 3.63) is 0 Å². The Morgan fingerprint density at radius 3 is 2.57 bits per heavy atom. The molecule has 14 heavy (non-hydrogen) atoms. The van der Waals surface area contributed by atoms with Crippen molar-refractivity contribution in [2.24, 2.45) is 0 Å². The van der Waals surface area contributed by atoms with Gasteiger partial charge in [-0.1, -0.05) is 22.9 Å². The third kappa shape index (κ3) is 8.94. The Balaban J connectivity index is 3.15. The molecule has 0 aliphatic heterocycles. The molecule has 0 bridgehead atoms. The lowest BCUT2D eigenvalue weighted by Crippen LogP contribution is -2.20. The highest BCUT2D eigenvalue weighted by molar-refractivity contribution is 9.09. The third-order valence-corrected chi connectivity index (χ3v) is 2.31. The molecule has 0 heterocycles. The van der Waals surface area contributed by atoms with Crippen LogP contribution in [0.3, 0.4) is 0 Å². The molecule has 0 saturated heterocycles. The summed E-state index contributed by atoms with van der Waals surface area (Å²) in [6.07, 6.45) is 2.16. The number of halogens is 1. The van der Waals surface area contributed by atoms with Gasteiger partial charge in [0.05, 0.1) is 5.33 Å². The van der Waals surface area contributed by atoms with E-state index in [-0.39, 0.29) is 6.29 Å². The van der Waals surface area contributed by atoms with Crippen LogP contribution in [0.1, 0.15) is 26.7 Å². The number of rotatable bonds is 10. The Morgan fingerprint density at radius 2 is 2.00 bits per heavy atom. The van der Waals surface area contributed by atoms with Gasteiger partial charge in [-0.3, -0.25) is 0 Å². The zero-order valence-corrected chi connectivity index (χ0v) is 10.8. The van der Waals surface area contributed by atoms with Crippen molar-refractivity contribution in [1.29, 1.82) is 0 Å². The molecule has 0 fully saturated rings. The minimum absolute atomic E-state index is 0.0841. The van der Waals surface area contributed by atoms with Crippen LogP contribution in [0.4, 0.5) is 0 Å². The van der Waals surface area contributed by atoms with Crippen molar-refractivity contribution in [3.63, 3.8) is 0 Å². The molecular weight excluding hydrogens is 246 g/mol. The highest BCUT2D eigenvalue weighted by Gasteiger charge is 2.04. The number of hydrogen-bond donors (Lipinski definition) is 1. The molecule has 0 aromatic carbocycles. The molecule has 3 nitrogen and oxygen atoms in total. The summed E-state index contributed by atoms with van der Waals surface area (Å²) in [6.45, 7) is 7.70. The summed E-state index contributed by atoms with van der Waals surface area (Å²) in [5.74, 6) is 0. The first-order valence-electron chi connectivity index (χ1n) is 5.35. The minimum atomic E-state index is -0.0841. The van der Waals surface area contributed by atoms with Crippen molar-refractivity contribution in [1.82, 2.24) is 5.32 Å². The van der Waals surface area contributed by atoms with Gasteiger partial charge in [-0.25, -0.2) is 0 Å². The highest BCUT2D eigenvalue weighted by atomic mass is 79.9. The number of hydrogen-bond acceptors (Lipinski definition) is 3. The highest BCUT2D eigenvalue weighted by Crippen LogP contribution is 2.01. The van der Waals surface area contributed by atoms with Gasteiger partial charge >= 0.3 is 0 Å². The van der Waals surface area contributed by atoms with Gasteiger partial charge in [0.2, 0.25) is 0 Å². The average molecular weight is 268 g/mol. The van der Waals surface area contributed by atoms with Crippen LogP contribution in [0.25, 0.3) is 0 Å². The number of alkyl halides is 1. The van der Waals surface area contributed by atoms with Crippen molar-refractivity contribution in [3.8, 4) is 0 Å². The van der Waals surface area contributed by atoms with E-state index in [1.807, 2.05) is 6.92 Å². The maximum Gasteiger partial charge on any atom is 0.167 e. The second kappa shape index (κ2) is 11.4. The Kier molecular flexibility index (Phi) is 11.7. The molecule has 0 aliphatic rings. The van der Waals surface area contributed by atoms with Crippen LogP contribution in [0.2, 0.25) is 0 Å². The minimum Gasteiger partial charge on any atom is -0.352 e. The molecule has 0 aromatic rings. The van der Waals surface area contributed by atoms with E-state index in [0.29, 0.717) is 6.61 Å². The van der Waals surface area contributed by atoms with Crippen LogP contribution >= 0.6 is 15.9 Å². The normalized spacial score (nSPS) is 13.1. The number of nitrogens with one attached hydrogen (secondary N) is 1. The van der Waals surface area contributed by atoms with E-state index >= 15 is 0 Å². The Labute approximate surface area is 95.7 Å². The first-order chi connectivity index (χ1) is 6.85. The summed E-state index contributed by atoms with van der Waals surface area (Å²) in [5, 5.41) is 4.02. The maximum atomic E-state index is 5.52. The Hall–Kier alpha value is 0.360. The maximum absolute atomic E-state index is 5.52. The fourth-order valence-electron chi connectivity index (χ4n) is 1.07. The average Bonchev–Trinajstić information content (AvgIpc) is 2.21. The largest absolute Gasteiger partial charge is 0.352 e. The quantitative estimate of drug-likeness (QED) is 0.374. The fourth-order valence-corrected chi connectivity index (χ4v) is 1.44. The van der Waals surface area contributed by atoms with Crippen LogP contribution in [-0.2, 0) is 9.47 Å².